The highest BCUT2D eigenvalue weighted by Crippen LogP contribution is 2.27. The first-order valence-corrected chi connectivity index (χ1v) is 8.18. The number of hydrogen-bond acceptors (Lipinski definition) is 4. The van der Waals surface area contributed by atoms with Gasteiger partial charge in [0.1, 0.15) is 10.3 Å². The van der Waals surface area contributed by atoms with Gasteiger partial charge in [0.15, 0.2) is 0 Å². The molecule has 0 amide bonds. The van der Waals surface area contributed by atoms with Crippen LogP contribution >= 0.6 is 15.9 Å². The van der Waals surface area contributed by atoms with E-state index >= 15 is 0 Å². The number of hydrogen-bond donors (Lipinski definition) is 1. The first-order chi connectivity index (χ1) is 9.70. The van der Waals surface area contributed by atoms with Crippen molar-refractivity contribution in [1.29, 1.82) is 0 Å². The molecule has 2 heterocycles. The lowest BCUT2D eigenvalue weighted by molar-refractivity contribution is 0.218. The van der Waals surface area contributed by atoms with Crippen LogP contribution in [0.3, 0.4) is 0 Å². The molecule has 6 heteroatoms. The van der Waals surface area contributed by atoms with E-state index in [1.807, 2.05) is 0 Å². The second-order valence-electron chi connectivity index (χ2n) is 6.98. The fourth-order valence-electron chi connectivity index (χ4n) is 2.70. The van der Waals surface area contributed by atoms with Gasteiger partial charge in [-0.25, -0.2) is 4.98 Å². The molecule has 118 valence electrons. The summed E-state index contributed by atoms with van der Waals surface area (Å²) in [6.45, 7) is 9.20. The van der Waals surface area contributed by atoms with E-state index in [1.165, 1.54) is 0 Å². The van der Waals surface area contributed by atoms with E-state index in [0.717, 1.165) is 37.6 Å². The zero-order valence-electron chi connectivity index (χ0n) is 13.5. The highest BCUT2D eigenvalue weighted by Gasteiger charge is 2.28. The average Bonchev–Trinajstić information content (AvgIpc) is 2.53. The molecule has 0 radical (unpaired) electrons. The molecule has 1 aliphatic rings. The van der Waals surface area contributed by atoms with Crippen molar-refractivity contribution in [3.63, 3.8) is 0 Å². The van der Waals surface area contributed by atoms with E-state index < -0.39 is 0 Å². The van der Waals surface area contributed by atoms with Gasteiger partial charge in [0.05, 0.1) is 11.7 Å². The number of aromatic nitrogens is 2. The Morgan fingerprint density at radius 3 is 2.57 bits per heavy atom. The van der Waals surface area contributed by atoms with Crippen LogP contribution in [-0.2, 0) is 5.41 Å². The van der Waals surface area contributed by atoms with Crippen LogP contribution in [0.4, 0.5) is 0 Å². The molecule has 0 bridgehead atoms. The fourth-order valence-corrected chi connectivity index (χ4v) is 3.48. The van der Waals surface area contributed by atoms with Crippen molar-refractivity contribution in [2.45, 2.75) is 38.6 Å². The number of rotatable bonds is 1. The van der Waals surface area contributed by atoms with E-state index in [2.05, 4.69) is 65.6 Å². The summed E-state index contributed by atoms with van der Waals surface area (Å²) in [5.41, 5.74) is 0.559. The van der Waals surface area contributed by atoms with Gasteiger partial charge in [0, 0.05) is 12.0 Å². The lowest BCUT2D eigenvalue weighted by Gasteiger charge is -2.28. The Morgan fingerprint density at radius 1 is 1.29 bits per heavy atom. The van der Waals surface area contributed by atoms with Crippen LogP contribution in [0, 0.1) is 0 Å². The first kappa shape index (κ1) is 16.6. The highest BCUT2D eigenvalue weighted by atomic mass is 79.9. The van der Waals surface area contributed by atoms with Crippen molar-refractivity contribution < 1.29 is 0 Å². The number of likely N-dealkylation sites (N-methyl/N-ethyl adjacent to an activating group) is 2. The van der Waals surface area contributed by atoms with Gasteiger partial charge in [-0.15, -0.1) is 0 Å². The molecule has 0 spiro atoms. The molecule has 1 atom stereocenters. The minimum Gasteiger partial charge on any atom is -0.308 e. The maximum atomic E-state index is 12.2. The van der Waals surface area contributed by atoms with Crippen molar-refractivity contribution in [3.8, 4) is 0 Å². The smallest absolute Gasteiger partial charge is 0.265 e. The van der Waals surface area contributed by atoms with Crippen LogP contribution in [0.25, 0.3) is 0 Å². The Bertz CT molecular complexity index is 564. The van der Waals surface area contributed by atoms with Crippen molar-refractivity contribution in [3.05, 3.63) is 26.3 Å². The molecule has 1 aromatic heterocycles. The predicted molar refractivity (Wildman–Crippen MR) is 88.7 cm³/mol. The fraction of sp³-hybridized carbons (Fsp3) is 0.733. The van der Waals surface area contributed by atoms with Crippen molar-refractivity contribution in [2.24, 2.45) is 0 Å². The molecule has 0 saturated carbocycles. The summed E-state index contributed by atoms with van der Waals surface area (Å²) in [6, 6.07) is 0.124. The third-order valence-electron chi connectivity index (χ3n) is 3.97. The topological polar surface area (TPSA) is 52.2 Å². The van der Waals surface area contributed by atoms with E-state index in [1.54, 1.807) is 0 Å². The zero-order chi connectivity index (χ0) is 15.8. The lowest BCUT2D eigenvalue weighted by atomic mass is 9.92. The van der Waals surface area contributed by atoms with E-state index in [4.69, 9.17) is 4.98 Å². The van der Waals surface area contributed by atoms with E-state index in [9.17, 15) is 4.79 Å². The van der Waals surface area contributed by atoms with Gasteiger partial charge in [-0.3, -0.25) is 9.69 Å². The Labute approximate surface area is 134 Å². The first-order valence-electron chi connectivity index (χ1n) is 7.39. The number of aromatic amines is 1. The summed E-state index contributed by atoms with van der Waals surface area (Å²) >= 11 is 3.39. The number of H-pyrrole nitrogens is 1. The third-order valence-corrected chi connectivity index (χ3v) is 4.71. The van der Waals surface area contributed by atoms with Gasteiger partial charge >= 0.3 is 0 Å². The van der Waals surface area contributed by atoms with Crippen LogP contribution in [0.2, 0.25) is 0 Å². The molecule has 1 saturated heterocycles. The molecule has 21 heavy (non-hydrogen) atoms. The Morgan fingerprint density at radius 2 is 1.95 bits per heavy atom. The average molecular weight is 357 g/mol. The molecule has 0 aromatic carbocycles. The van der Waals surface area contributed by atoms with Gasteiger partial charge in [-0.05, 0) is 49.5 Å². The molecule has 1 N–H and O–H groups in total. The summed E-state index contributed by atoms with van der Waals surface area (Å²) < 4.78 is 0.545. The Kier molecular flexibility index (Phi) is 4.90. The van der Waals surface area contributed by atoms with Gasteiger partial charge in [0.2, 0.25) is 0 Å². The van der Waals surface area contributed by atoms with E-state index in [-0.39, 0.29) is 17.0 Å². The lowest BCUT2D eigenvalue weighted by Crippen LogP contribution is -2.34. The molecule has 0 aliphatic carbocycles. The monoisotopic (exact) mass is 356 g/mol. The van der Waals surface area contributed by atoms with E-state index in [0.29, 0.717) is 4.47 Å². The summed E-state index contributed by atoms with van der Waals surface area (Å²) in [4.78, 5) is 24.6. The number of nitrogens with zero attached hydrogens (tertiary/aromatic N) is 3. The number of halogens is 1. The van der Waals surface area contributed by atoms with Gasteiger partial charge in [-0.1, -0.05) is 20.8 Å². The summed E-state index contributed by atoms with van der Waals surface area (Å²) in [5.74, 6) is 0.768. The van der Waals surface area contributed by atoms with Gasteiger partial charge in [-0.2, -0.15) is 0 Å². The largest absolute Gasteiger partial charge is 0.308 e. The molecular formula is C15H25BrN4O. The third kappa shape index (κ3) is 3.73. The summed E-state index contributed by atoms with van der Waals surface area (Å²) in [5, 5.41) is 0. The summed E-state index contributed by atoms with van der Waals surface area (Å²) in [6.07, 6.45) is 1.14. The highest BCUT2D eigenvalue weighted by molar-refractivity contribution is 9.10. The molecule has 1 aliphatic heterocycles. The molecule has 1 unspecified atom stereocenters. The van der Waals surface area contributed by atoms with Crippen molar-refractivity contribution in [1.82, 2.24) is 19.8 Å². The zero-order valence-corrected chi connectivity index (χ0v) is 15.1. The normalized spacial score (nSPS) is 22.3. The standard InChI is InChI=1S/C15H25BrN4O/c1-15(2,3)12-11(16)14(21)18-13(17-12)10-9-19(4)7-6-8-20(10)5/h10H,6-9H2,1-5H3,(H,17,18,21). The van der Waals surface area contributed by atoms with Crippen LogP contribution in [0.15, 0.2) is 9.27 Å². The maximum absolute atomic E-state index is 12.2. The van der Waals surface area contributed by atoms with Gasteiger partial charge in [0.25, 0.3) is 5.56 Å². The SMILES string of the molecule is CN1CCCN(C)C(c2nc(C(C)(C)C)c(Br)c(=O)[nH]2)C1. The molecular weight excluding hydrogens is 332 g/mol. The molecule has 1 fully saturated rings. The van der Waals surface area contributed by atoms with Crippen LogP contribution < -0.4 is 5.56 Å². The van der Waals surface area contributed by atoms with Crippen molar-refractivity contribution in [2.75, 3.05) is 33.7 Å². The minimum atomic E-state index is -0.170. The quantitative estimate of drug-likeness (QED) is 0.837. The van der Waals surface area contributed by atoms with Crippen LogP contribution in [0.1, 0.15) is 44.8 Å². The van der Waals surface area contributed by atoms with Crippen molar-refractivity contribution >= 4 is 15.9 Å². The Balaban J connectivity index is 2.48. The molecule has 2 rings (SSSR count). The predicted octanol–water partition coefficient (Wildman–Crippen LogP) is 2.14. The van der Waals surface area contributed by atoms with Crippen LogP contribution in [-0.4, -0.2) is 53.5 Å². The summed E-state index contributed by atoms with van der Waals surface area (Å²) in [7, 11) is 4.22. The minimum absolute atomic E-state index is 0.0924. The van der Waals surface area contributed by atoms with Gasteiger partial charge < -0.3 is 9.88 Å². The Hall–Kier alpha value is -0.720. The number of nitrogens with one attached hydrogen (secondary N) is 1. The molecule has 5 nitrogen and oxygen atoms in total. The van der Waals surface area contributed by atoms with Crippen LogP contribution in [0.5, 0.6) is 0 Å². The second kappa shape index (κ2) is 6.18. The maximum Gasteiger partial charge on any atom is 0.265 e. The second-order valence-corrected chi connectivity index (χ2v) is 7.77. The molecule has 1 aromatic rings.